The third-order valence-electron chi connectivity index (χ3n) is 3.99. The number of nitrogens with one attached hydrogen (secondary N) is 1. The molecule has 0 unspecified atom stereocenters. The van der Waals surface area contributed by atoms with Crippen molar-refractivity contribution in [2.45, 2.75) is 6.42 Å². The number of piperazine rings is 1. The van der Waals surface area contributed by atoms with Gasteiger partial charge < -0.3 is 19.9 Å². The van der Waals surface area contributed by atoms with Crippen molar-refractivity contribution in [3.63, 3.8) is 0 Å². The first-order valence-corrected chi connectivity index (χ1v) is 7.77. The largest absolute Gasteiger partial charge is 0.379 e. The van der Waals surface area contributed by atoms with Gasteiger partial charge >= 0.3 is 11.8 Å². The highest BCUT2D eigenvalue weighted by Crippen LogP contribution is 2.00. The van der Waals surface area contributed by atoms with Crippen LogP contribution in [0.15, 0.2) is 0 Å². The molecule has 2 heterocycles. The number of rotatable bonds is 5. The van der Waals surface area contributed by atoms with Crippen molar-refractivity contribution in [2.24, 2.45) is 0 Å². The fourth-order valence-electron chi connectivity index (χ4n) is 2.58. The van der Waals surface area contributed by atoms with Crippen molar-refractivity contribution in [3.05, 3.63) is 0 Å². The first kappa shape index (κ1) is 16.7. The van der Waals surface area contributed by atoms with E-state index in [0.717, 1.165) is 45.7 Å². The fraction of sp³-hybridized carbons (Fsp3) is 0.786. The minimum absolute atomic E-state index is 0.415. The lowest BCUT2D eigenvalue weighted by molar-refractivity contribution is -0.147. The molecule has 0 aromatic heterocycles. The van der Waals surface area contributed by atoms with Crippen LogP contribution in [0.2, 0.25) is 0 Å². The summed E-state index contributed by atoms with van der Waals surface area (Å²) in [5, 5.41) is 2.67. The molecule has 0 saturated carbocycles. The molecule has 0 bridgehead atoms. The molecule has 22 heavy (non-hydrogen) atoms. The van der Waals surface area contributed by atoms with Gasteiger partial charge in [-0.1, -0.05) is 0 Å². The molecule has 8 heteroatoms. The minimum atomic E-state index is -0.554. The van der Waals surface area contributed by atoms with Gasteiger partial charge in [0.2, 0.25) is 6.41 Å². The summed E-state index contributed by atoms with van der Waals surface area (Å²) in [4.78, 5) is 39.8. The topological polar surface area (TPSA) is 82.2 Å². The lowest BCUT2D eigenvalue weighted by Gasteiger charge is -2.32. The van der Waals surface area contributed by atoms with E-state index >= 15 is 0 Å². The predicted octanol–water partition coefficient (Wildman–Crippen LogP) is -1.87. The Morgan fingerprint density at radius 2 is 1.73 bits per heavy atom. The summed E-state index contributed by atoms with van der Waals surface area (Å²) in [7, 11) is 0. The molecule has 2 aliphatic heterocycles. The Hall–Kier alpha value is -1.67. The van der Waals surface area contributed by atoms with Crippen molar-refractivity contribution in [2.75, 3.05) is 65.6 Å². The highest BCUT2D eigenvalue weighted by atomic mass is 16.5. The van der Waals surface area contributed by atoms with Crippen LogP contribution in [0, 0.1) is 0 Å². The number of ether oxygens (including phenoxy) is 1. The number of hydrogen-bond acceptors (Lipinski definition) is 5. The zero-order chi connectivity index (χ0) is 15.8. The summed E-state index contributed by atoms with van der Waals surface area (Å²) in [6.07, 6.45) is 1.59. The van der Waals surface area contributed by atoms with E-state index in [9.17, 15) is 14.4 Å². The Labute approximate surface area is 130 Å². The van der Waals surface area contributed by atoms with Gasteiger partial charge in [0.25, 0.3) is 0 Å². The van der Waals surface area contributed by atoms with Crippen LogP contribution in [-0.4, -0.2) is 98.5 Å². The summed E-state index contributed by atoms with van der Waals surface area (Å²) < 4.78 is 5.27. The maximum atomic E-state index is 12.0. The lowest BCUT2D eigenvalue weighted by Crippen LogP contribution is -2.52. The molecule has 124 valence electrons. The molecule has 0 aliphatic carbocycles. The number of carbonyl (C=O) groups is 3. The van der Waals surface area contributed by atoms with Crippen LogP contribution in [0.25, 0.3) is 0 Å². The summed E-state index contributed by atoms with van der Waals surface area (Å²) in [6.45, 7) is 6.57. The van der Waals surface area contributed by atoms with Crippen molar-refractivity contribution < 1.29 is 19.1 Å². The molecule has 0 radical (unpaired) electrons. The van der Waals surface area contributed by atoms with E-state index in [1.165, 1.54) is 4.90 Å². The van der Waals surface area contributed by atoms with Crippen LogP contribution in [0.5, 0.6) is 0 Å². The second kappa shape index (κ2) is 8.70. The zero-order valence-corrected chi connectivity index (χ0v) is 12.8. The molecule has 0 spiro atoms. The predicted molar refractivity (Wildman–Crippen MR) is 79.1 cm³/mol. The summed E-state index contributed by atoms with van der Waals surface area (Å²) in [5.74, 6) is -1.06. The Kier molecular flexibility index (Phi) is 6.60. The van der Waals surface area contributed by atoms with Crippen LogP contribution in [0.3, 0.4) is 0 Å². The molecule has 3 amide bonds. The van der Waals surface area contributed by atoms with Gasteiger partial charge in [-0.05, 0) is 13.0 Å². The van der Waals surface area contributed by atoms with Gasteiger partial charge in [0.1, 0.15) is 0 Å². The molecular formula is C14H24N4O4. The van der Waals surface area contributed by atoms with Crippen LogP contribution in [0.1, 0.15) is 6.42 Å². The van der Waals surface area contributed by atoms with Crippen molar-refractivity contribution in [3.8, 4) is 0 Å². The maximum absolute atomic E-state index is 12.0. The van der Waals surface area contributed by atoms with Crippen molar-refractivity contribution in [1.82, 2.24) is 20.0 Å². The number of amides is 3. The normalized spacial score (nSPS) is 19.8. The fourth-order valence-corrected chi connectivity index (χ4v) is 2.58. The average Bonchev–Trinajstić information content (AvgIpc) is 2.59. The highest BCUT2D eigenvalue weighted by molar-refractivity contribution is 6.35. The van der Waals surface area contributed by atoms with Gasteiger partial charge in [-0.25, -0.2) is 0 Å². The molecule has 2 fully saturated rings. The van der Waals surface area contributed by atoms with Crippen LogP contribution in [0.4, 0.5) is 0 Å². The first-order chi connectivity index (χ1) is 10.7. The number of hydrogen-bond donors (Lipinski definition) is 1. The van der Waals surface area contributed by atoms with E-state index in [-0.39, 0.29) is 0 Å². The van der Waals surface area contributed by atoms with E-state index in [0.29, 0.717) is 32.7 Å². The number of nitrogens with zero attached hydrogens (tertiary/aromatic N) is 3. The molecule has 0 aromatic rings. The van der Waals surface area contributed by atoms with E-state index in [2.05, 4.69) is 10.2 Å². The quantitative estimate of drug-likeness (QED) is 0.365. The van der Waals surface area contributed by atoms with Gasteiger partial charge in [-0.15, -0.1) is 0 Å². The van der Waals surface area contributed by atoms with Gasteiger partial charge in [0.15, 0.2) is 0 Å². The summed E-state index contributed by atoms with van der Waals surface area (Å²) in [5.41, 5.74) is 0. The van der Waals surface area contributed by atoms with Crippen molar-refractivity contribution in [1.29, 1.82) is 0 Å². The lowest BCUT2D eigenvalue weighted by atomic mass is 10.3. The Bertz CT molecular complexity index is 390. The first-order valence-electron chi connectivity index (χ1n) is 7.77. The van der Waals surface area contributed by atoms with Crippen LogP contribution >= 0.6 is 0 Å². The van der Waals surface area contributed by atoms with Crippen molar-refractivity contribution >= 4 is 18.2 Å². The maximum Gasteiger partial charge on any atom is 0.312 e. The molecule has 2 saturated heterocycles. The second-order valence-corrected chi connectivity index (χ2v) is 5.50. The Morgan fingerprint density at radius 1 is 1.05 bits per heavy atom. The summed E-state index contributed by atoms with van der Waals surface area (Å²) >= 11 is 0. The smallest absolute Gasteiger partial charge is 0.312 e. The SMILES string of the molecule is O=CN1CCN(C(=O)C(=O)NCCCN2CCOCC2)CC1. The standard InChI is InChI=1S/C14H24N4O4/c19-12-17-4-6-18(7-5-17)14(21)13(20)15-2-1-3-16-8-10-22-11-9-16/h12H,1-11H2,(H,15,20). The second-order valence-electron chi connectivity index (χ2n) is 5.50. The number of carbonyl (C=O) groups excluding carboxylic acids is 3. The third-order valence-corrected chi connectivity index (χ3v) is 3.99. The molecule has 2 rings (SSSR count). The monoisotopic (exact) mass is 312 g/mol. The van der Waals surface area contributed by atoms with Gasteiger partial charge in [-0.3, -0.25) is 19.3 Å². The molecule has 2 aliphatic rings. The van der Waals surface area contributed by atoms with E-state index < -0.39 is 11.8 Å². The van der Waals surface area contributed by atoms with Gasteiger partial charge in [0.05, 0.1) is 13.2 Å². The molecular weight excluding hydrogens is 288 g/mol. The summed E-state index contributed by atoms with van der Waals surface area (Å²) in [6, 6.07) is 0. The number of morpholine rings is 1. The molecule has 0 atom stereocenters. The van der Waals surface area contributed by atoms with Gasteiger partial charge in [0, 0.05) is 45.8 Å². The molecule has 0 aromatic carbocycles. The van der Waals surface area contributed by atoms with E-state index in [4.69, 9.17) is 4.74 Å². The third kappa shape index (κ3) is 4.96. The van der Waals surface area contributed by atoms with Crippen LogP contribution < -0.4 is 5.32 Å². The minimum Gasteiger partial charge on any atom is -0.379 e. The Balaban J connectivity index is 1.60. The van der Waals surface area contributed by atoms with Crippen LogP contribution in [-0.2, 0) is 19.1 Å². The average molecular weight is 312 g/mol. The van der Waals surface area contributed by atoms with E-state index in [1.807, 2.05) is 0 Å². The molecule has 1 N–H and O–H groups in total. The molecule has 8 nitrogen and oxygen atoms in total. The van der Waals surface area contributed by atoms with E-state index in [1.54, 1.807) is 4.90 Å². The zero-order valence-electron chi connectivity index (χ0n) is 12.8. The highest BCUT2D eigenvalue weighted by Gasteiger charge is 2.25. The van der Waals surface area contributed by atoms with Gasteiger partial charge in [-0.2, -0.15) is 0 Å². The Morgan fingerprint density at radius 3 is 2.36 bits per heavy atom.